The molecule has 0 spiro atoms. The number of H-pyrrole nitrogens is 1. The van der Waals surface area contributed by atoms with Crippen molar-refractivity contribution in [3.05, 3.63) is 29.0 Å². The lowest BCUT2D eigenvalue weighted by atomic mass is 9.98. The standard InChI is InChI=1S/C13H15ClN2/c1-8-3-2-4-10(8)13-15-11-6-5-9(14)7-12(11)16-13/h5-8,10H,2-4H2,1H3,(H,15,16). The van der Waals surface area contributed by atoms with Gasteiger partial charge in [-0.1, -0.05) is 24.9 Å². The molecular weight excluding hydrogens is 220 g/mol. The molecule has 0 radical (unpaired) electrons. The minimum Gasteiger partial charge on any atom is -0.342 e. The molecule has 0 saturated heterocycles. The third kappa shape index (κ3) is 1.61. The highest BCUT2D eigenvalue weighted by atomic mass is 35.5. The highest BCUT2D eigenvalue weighted by Gasteiger charge is 2.27. The monoisotopic (exact) mass is 234 g/mol. The number of hydrogen-bond donors (Lipinski definition) is 1. The Morgan fingerprint density at radius 1 is 1.38 bits per heavy atom. The van der Waals surface area contributed by atoms with Crippen LogP contribution in [0, 0.1) is 5.92 Å². The van der Waals surface area contributed by atoms with Crippen LogP contribution in [-0.2, 0) is 0 Å². The first-order chi connectivity index (χ1) is 7.74. The lowest BCUT2D eigenvalue weighted by Gasteiger charge is -2.11. The van der Waals surface area contributed by atoms with E-state index in [0.29, 0.717) is 5.92 Å². The molecule has 1 fully saturated rings. The highest BCUT2D eigenvalue weighted by molar-refractivity contribution is 6.31. The Balaban J connectivity index is 2.04. The van der Waals surface area contributed by atoms with E-state index in [-0.39, 0.29) is 0 Å². The third-order valence-electron chi connectivity index (χ3n) is 3.67. The van der Waals surface area contributed by atoms with Crippen molar-refractivity contribution in [2.24, 2.45) is 5.92 Å². The summed E-state index contributed by atoms with van der Waals surface area (Å²) in [6.07, 6.45) is 3.90. The molecule has 16 heavy (non-hydrogen) atoms. The van der Waals surface area contributed by atoms with Crippen molar-refractivity contribution in [3.8, 4) is 0 Å². The van der Waals surface area contributed by atoms with Crippen LogP contribution in [0.5, 0.6) is 0 Å². The minimum atomic E-state index is 0.603. The summed E-state index contributed by atoms with van der Waals surface area (Å²) in [4.78, 5) is 8.09. The van der Waals surface area contributed by atoms with Crippen molar-refractivity contribution >= 4 is 22.6 Å². The highest BCUT2D eigenvalue weighted by Crippen LogP contribution is 2.38. The predicted octanol–water partition coefficient (Wildman–Crippen LogP) is 4.12. The molecular formula is C13H15ClN2. The van der Waals surface area contributed by atoms with Gasteiger partial charge in [-0.15, -0.1) is 0 Å². The van der Waals surface area contributed by atoms with Crippen LogP contribution in [0.3, 0.4) is 0 Å². The van der Waals surface area contributed by atoms with Gasteiger partial charge in [0.2, 0.25) is 0 Å². The maximum absolute atomic E-state index is 5.97. The Labute approximate surface area is 100 Å². The van der Waals surface area contributed by atoms with Gasteiger partial charge in [-0.05, 0) is 37.0 Å². The normalized spacial score (nSPS) is 25.4. The Kier molecular flexibility index (Phi) is 2.40. The van der Waals surface area contributed by atoms with E-state index in [1.807, 2.05) is 18.2 Å². The van der Waals surface area contributed by atoms with Gasteiger partial charge in [0.05, 0.1) is 11.0 Å². The van der Waals surface area contributed by atoms with Crippen molar-refractivity contribution in [2.45, 2.75) is 32.1 Å². The fraction of sp³-hybridized carbons (Fsp3) is 0.462. The van der Waals surface area contributed by atoms with E-state index in [1.54, 1.807) is 0 Å². The second-order valence-electron chi connectivity index (χ2n) is 4.80. The van der Waals surface area contributed by atoms with Crippen LogP contribution in [0.4, 0.5) is 0 Å². The van der Waals surface area contributed by atoms with Crippen LogP contribution in [-0.4, -0.2) is 9.97 Å². The largest absolute Gasteiger partial charge is 0.342 e. The Bertz CT molecular complexity index is 518. The van der Waals surface area contributed by atoms with E-state index in [2.05, 4.69) is 16.9 Å². The molecule has 1 aliphatic rings. The third-order valence-corrected chi connectivity index (χ3v) is 3.91. The fourth-order valence-corrected chi connectivity index (χ4v) is 2.90. The summed E-state index contributed by atoms with van der Waals surface area (Å²) < 4.78 is 0. The smallest absolute Gasteiger partial charge is 0.110 e. The molecule has 1 N–H and O–H groups in total. The van der Waals surface area contributed by atoms with Crippen molar-refractivity contribution in [3.63, 3.8) is 0 Å². The number of hydrogen-bond acceptors (Lipinski definition) is 1. The van der Waals surface area contributed by atoms with Crippen molar-refractivity contribution < 1.29 is 0 Å². The summed E-state index contributed by atoms with van der Waals surface area (Å²) in [6.45, 7) is 2.32. The number of aromatic nitrogens is 2. The summed E-state index contributed by atoms with van der Waals surface area (Å²) in [5, 5.41) is 0.766. The fourth-order valence-electron chi connectivity index (χ4n) is 2.73. The number of imidazole rings is 1. The molecule has 3 heteroatoms. The molecule has 1 heterocycles. The molecule has 2 nitrogen and oxygen atoms in total. The maximum atomic E-state index is 5.97. The molecule has 1 saturated carbocycles. The van der Waals surface area contributed by atoms with E-state index in [1.165, 1.54) is 19.3 Å². The Hall–Kier alpha value is -1.02. The van der Waals surface area contributed by atoms with Crippen LogP contribution in [0.1, 0.15) is 37.9 Å². The Morgan fingerprint density at radius 3 is 3.00 bits per heavy atom. The van der Waals surface area contributed by atoms with Crippen molar-refractivity contribution in [1.29, 1.82) is 0 Å². The van der Waals surface area contributed by atoms with E-state index in [4.69, 9.17) is 11.6 Å². The van der Waals surface area contributed by atoms with Gasteiger partial charge in [0.1, 0.15) is 5.82 Å². The van der Waals surface area contributed by atoms with Gasteiger partial charge < -0.3 is 4.98 Å². The summed E-state index contributed by atoms with van der Waals surface area (Å²) in [6, 6.07) is 5.83. The lowest BCUT2D eigenvalue weighted by molar-refractivity contribution is 0.514. The number of aromatic amines is 1. The number of nitrogens with one attached hydrogen (secondary N) is 1. The lowest BCUT2D eigenvalue weighted by Crippen LogP contribution is -2.03. The number of nitrogens with zero attached hydrogens (tertiary/aromatic N) is 1. The zero-order chi connectivity index (χ0) is 11.1. The molecule has 0 amide bonds. The minimum absolute atomic E-state index is 0.603. The quantitative estimate of drug-likeness (QED) is 0.790. The molecule has 1 aliphatic carbocycles. The van der Waals surface area contributed by atoms with Gasteiger partial charge in [-0.3, -0.25) is 0 Å². The second kappa shape index (κ2) is 3.77. The van der Waals surface area contributed by atoms with Gasteiger partial charge in [0.25, 0.3) is 0 Å². The van der Waals surface area contributed by atoms with Crippen molar-refractivity contribution in [2.75, 3.05) is 0 Å². The summed E-state index contributed by atoms with van der Waals surface area (Å²) in [5.74, 6) is 2.49. The molecule has 1 aromatic carbocycles. The molecule has 2 unspecified atom stereocenters. The van der Waals surface area contributed by atoms with E-state index in [9.17, 15) is 0 Å². The van der Waals surface area contributed by atoms with E-state index < -0.39 is 0 Å². The SMILES string of the molecule is CC1CCCC1c1nc2ccc(Cl)cc2[nH]1. The van der Waals surface area contributed by atoms with E-state index in [0.717, 1.165) is 27.8 Å². The zero-order valence-corrected chi connectivity index (χ0v) is 10.1. The topological polar surface area (TPSA) is 28.7 Å². The van der Waals surface area contributed by atoms with Crippen LogP contribution in [0.25, 0.3) is 11.0 Å². The van der Waals surface area contributed by atoms with E-state index >= 15 is 0 Å². The molecule has 0 bridgehead atoms. The van der Waals surface area contributed by atoms with Gasteiger partial charge >= 0.3 is 0 Å². The number of halogens is 1. The first-order valence-electron chi connectivity index (χ1n) is 5.89. The summed E-state index contributed by atoms with van der Waals surface area (Å²) in [5.41, 5.74) is 2.08. The first-order valence-corrected chi connectivity index (χ1v) is 6.27. The molecule has 84 valence electrons. The predicted molar refractivity (Wildman–Crippen MR) is 66.9 cm³/mol. The van der Waals surface area contributed by atoms with Crippen molar-refractivity contribution in [1.82, 2.24) is 9.97 Å². The van der Waals surface area contributed by atoms with Gasteiger partial charge in [-0.25, -0.2) is 4.98 Å². The number of rotatable bonds is 1. The number of fused-ring (bicyclic) bond motifs is 1. The number of benzene rings is 1. The van der Waals surface area contributed by atoms with Crippen LogP contribution in [0.15, 0.2) is 18.2 Å². The van der Waals surface area contributed by atoms with Gasteiger partial charge in [0.15, 0.2) is 0 Å². The van der Waals surface area contributed by atoms with Crippen LogP contribution in [0.2, 0.25) is 5.02 Å². The van der Waals surface area contributed by atoms with Gasteiger partial charge in [-0.2, -0.15) is 0 Å². The van der Waals surface area contributed by atoms with Gasteiger partial charge in [0, 0.05) is 10.9 Å². The molecule has 2 atom stereocenters. The molecule has 1 aromatic heterocycles. The molecule has 0 aliphatic heterocycles. The zero-order valence-electron chi connectivity index (χ0n) is 9.33. The van der Waals surface area contributed by atoms with Crippen LogP contribution >= 0.6 is 11.6 Å². The molecule has 2 aromatic rings. The average Bonchev–Trinajstić information content (AvgIpc) is 2.82. The van der Waals surface area contributed by atoms with Crippen LogP contribution < -0.4 is 0 Å². The molecule has 3 rings (SSSR count). The summed E-state index contributed by atoms with van der Waals surface area (Å²) in [7, 11) is 0. The average molecular weight is 235 g/mol. The first kappa shape index (κ1) is 10.2. The Morgan fingerprint density at radius 2 is 2.25 bits per heavy atom. The summed E-state index contributed by atoms with van der Waals surface area (Å²) >= 11 is 5.97. The second-order valence-corrected chi connectivity index (χ2v) is 5.23. The maximum Gasteiger partial charge on any atom is 0.110 e.